The highest BCUT2D eigenvalue weighted by atomic mass is 19.1. The quantitative estimate of drug-likeness (QED) is 0.705. The summed E-state index contributed by atoms with van der Waals surface area (Å²) in [6.45, 7) is 1.28. The van der Waals surface area contributed by atoms with Gasteiger partial charge >= 0.3 is 12.1 Å². The van der Waals surface area contributed by atoms with E-state index in [9.17, 15) is 14.0 Å². The Morgan fingerprint density at radius 3 is 2.90 bits per heavy atom. The smallest absolute Gasteiger partial charge is 0.414 e. The molecule has 2 aliphatic rings. The molecule has 2 aromatic rings. The third kappa shape index (κ3) is 4.64. The number of nitrogens with one attached hydrogen (secondary N) is 1. The molecule has 0 radical (unpaired) electrons. The van der Waals surface area contributed by atoms with E-state index >= 15 is 0 Å². The summed E-state index contributed by atoms with van der Waals surface area (Å²) in [4.78, 5) is 38.6. The maximum Gasteiger partial charge on any atom is 0.414 e. The Bertz CT molecular complexity index is 1010. The zero-order valence-electron chi connectivity index (χ0n) is 16.8. The number of ether oxygens (including phenoxy) is 2. The van der Waals surface area contributed by atoms with Gasteiger partial charge in [-0.15, -0.1) is 0 Å². The largest absolute Gasteiger partial charge is 0.469 e. The Labute approximate surface area is 177 Å². The normalized spacial score (nSPS) is 18.3. The summed E-state index contributed by atoms with van der Waals surface area (Å²) in [5.74, 6) is -0.333. The minimum atomic E-state index is -0.573. The molecule has 1 amide bonds. The first-order valence-electron chi connectivity index (χ1n) is 9.78. The summed E-state index contributed by atoms with van der Waals surface area (Å²) in [6, 6.07) is 8.00. The summed E-state index contributed by atoms with van der Waals surface area (Å²) in [5, 5.41) is 0. The number of methoxy groups -OCH3 is 1. The lowest BCUT2D eigenvalue weighted by Gasteiger charge is -2.15. The van der Waals surface area contributed by atoms with Crippen LogP contribution in [0.15, 0.2) is 41.5 Å². The van der Waals surface area contributed by atoms with Gasteiger partial charge in [0.2, 0.25) is 0 Å². The number of esters is 1. The van der Waals surface area contributed by atoms with Crippen molar-refractivity contribution < 1.29 is 28.3 Å². The standard InChI is InChI=1S/C21H21FN4O5/c1-29-19(27)7-4-15-12-26(21(28)31-15)14-3-5-16(17(22)10-14)13-2-6-18(24-11-13)20-23-8-9-30-25-20/h2-3,5-6,10-11,15H,4,7-9,12H2,1H3,(H,23,25)/t15-/m0/s1. The number of amidine groups is 1. The van der Waals surface area contributed by atoms with E-state index in [0.717, 1.165) is 0 Å². The Kier molecular flexibility index (Phi) is 6.08. The molecule has 1 aromatic carbocycles. The number of aliphatic imine (C=N–C) groups is 1. The number of carbonyl (C=O) groups is 2. The molecule has 10 heteroatoms. The van der Waals surface area contributed by atoms with Gasteiger partial charge in [0, 0.05) is 23.7 Å². The topological polar surface area (TPSA) is 102 Å². The first-order chi connectivity index (χ1) is 15.0. The number of pyridine rings is 1. The van der Waals surface area contributed by atoms with E-state index in [-0.39, 0.29) is 18.9 Å². The average Bonchev–Trinajstić information content (AvgIpc) is 3.18. The second-order valence-corrected chi connectivity index (χ2v) is 7.01. The fourth-order valence-electron chi connectivity index (χ4n) is 3.35. The fourth-order valence-corrected chi connectivity index (χ4v) is 3.35. The molecule has 1 N–H and O–H groups in total. The van der Waals surface area contributed by atoms with Crippen LogP contribution in [0.3, 0.4) is 0 Å². The molecule has 3 heterocycles. The van der Waals surface area contributed by atoms with Crippen molar-refractivity contribution >= 4 is 23.6 Å². The average molecular weight is 428 g/mol. The van der Waals surface area contributed by atoms with Crippen LogP contribution in [-0.4, -0.2) is 55.8 Å². The van der Waals surface area contributed by atoms with Gasteiger partial charge in [0.15, 0.2) is 5.84 Å². The molecular formula is C21H21FN4O5. The molecule has 1 atom stereocenters. The highest BCUT2D eigenvalue weighted by Crippen LogP contribution is 2.29. The van der Waals surface area contributed by atoms with Crippen LogP contribution < -0.4 is 10.4 Å². The summed E-state index contributed by atoms with van der Waals surface area (Å²) < 4.78 is 24.7. The number of aromatic nitrogens is 1. The second-order valence-electron chi connectivity index (χ2n) is 7.01. The summed E-state index contributed by atoms with van der Waals surface area (Å²) >= 11 is 0. The molecule has 162 valence electrons. The van der Waals surface area contributed by atoms with E-state index in [4.69, 9.17) is 9.57 Å². The van der Waals surface area contributed by atoms with Gasteiger partial charge in [0.05, 0.1) is 32.5 Å². The highest BCUT2D eigenvalue weighted by molar-refractivity contribution is 5.96. The first kappa shape index (κ1) is 20.7. The highest BCUT2D eigenvalue weighted by Gasteiger charge is 2.33. The summed E-state index contributed by atoms with van der Waals surface area (Å²) in [6.07, 6.45) is 1.02. The number of anilines is 1. The third-order valence-corrected chi connectivity index (χ3v) is 4.99. The van der Waals surface area contributed by atoms with Gasteiger partial charge in [-0.2, -0.15) is 0 Å². The fraction of sp³-hybridized carbons (Fsp3) is 0.333. The number of halogens is 1. The molecule has 0 unspecified atom stereocenters. The number of amides is 1. The molecular weight excluding hydrogens is 407 g/mol. The van der Waals surface area contributed by atoms with Crippen LogP contribution in [-0.2, 0) is 19.1 Å². The SMILES string of the molecule is COC(=O)CC[C@H]1CN(c2ccc(-c3ccc(C4=NCCON4)nc3)c(F)c2)C(=O)O1. The van der Waals surface area contributed by atoms with Crippen molar-refractivity contribution in [3.05, 3.63) is 48.0 Å². The zero-order chi connectivity index (χ0) is 21.8. The van der Waals surface area contributed by atoms with Gasteiger partial charge in [0.1, 0.15) is 17.6 Å². The molecule has 2 aliphatic heterocycles. The number of carbonyl (C=O) groups excluding carboxylic acids is 2. The Morgan fingerprint density at radius 1 is 1.35 bits per heavy atom. The number of hydroxylamine groups is 1. The van der Waals surface area contributed by atoms with Gasteiger partial charge in [-0.25, -0.2) is 14.7 Å². The van der Waals surface area contributed by atoms with Crippen molar-refractivity contribution in [3.63, 3.8) is 0 Å². The lowest BCUT2D eigenvalue weighted by molar-refractivity contribution is -0.141. The van der Waals surface area contributed by atoms with Crippen LogP contribution >= 0.6 is 0 Å². The Morgan fingerprint density at radius 2 is 2.23 bits per heavy atom. The number of hydrogen-bond acceptors (Lipinski definition) is 8. The molecule has 1 saturated heterocycles. The van der Waals surface area contributed by atoms with Crippen LogP contribution in [0, 0.1) is 5.82 Å². The number of nitrogens with zero attached hydrogens (tertiary/aromatic N) is 3. The van der Waals surface area contributed by atoms with E-state index in [2.05, 4.69) is 20.2 Å². The van der Waals surface area contributed by atoms with Crippen molar-refractivity contribution in [2.45, 2.75) is 18.9 Å². The van der Waals surface area contributed by atoms with Crippen LogP contribution in [0.1, 0.15) is 18.5 Å². The van der Waals surface area contributed by atoms with Crippen molar-refractivity contribution in [3.8, 4) is 11.1 Å². The summed E-state index contributed by atoms with van der Waals surface area (Å²) in [5.41, 5.74) is 4.63. The lowest BCUT2D eigenvalue weighted by Crippen LogP contribution is -2.31. The summed E-state index contributed by atoms with van der Waals surface area (Å²) in [7, 11) is 1.30. The number of hydrogen-bond donors (Lipinski definition) is 1. The molecule has 0 spiro atoms. The molecule has 9 nitrogen and oxygen atoms in total. The predicted molar refractivity (Wildman–Crippen MR) is 109 cm³/mol. The number of rotatable bonds is 6. The predicted octanol–water partition coefficient (Wildman–Crippen LogP) is 2.45. The van der Waals surface area contributed by atoms with Crippen LogP contribution in [0.2, 0.25) is 0 Å². The molecule has 0 bridgehead atoms. The van der Waals surface area contributed by atoms with E-state index < -0.39 is 18.0 Å². The Hall–Kier alpha value is -3.53. The molecule has 1 aromatic heterocycles. The number of cyclic esters (lactones) is 1. The van der Waals surface area contributed by atoms with E-state index in [1.165, 1.54) is 18.1 Å². The van der Waals surface area contributed by atoms with Crippen molar-refractivity contribution in [2.75, 3.05) is 31.7 Å². The molecule has 31 heavy (non-hydrogen) atoms. The van der Waals surface area contributed by atoms with E-state index in [1.54, 1.807) is 30.5 Å². The van der Waals surface area contributed by atoms with Crippen LogP contribution in [0.4, 0.5) is 14.9 Å². The van der Waals surface area contributed by atoms with Gasteiger partial charge in [-0.05, 0) is 30.7 Å². The maximum atomic E-state index is 14.8. The second kappa shape index (κ2) is 9.09. The van der Waals surface area contributed by atoms with Gasteiger partial charge < -0.3 is 9.47 Å². The van der Waals surface area contributed by atoms with Gasteiger partial charge in [-0.1, -0.05) is 6.07 Å². The minimum absolute atomic E-state index is 0.145. The minimum Gasteiger partial charge on any atom is -0.469 e. The van der Waals surface area contributed by atoms with Crippen LogP contribution in [0.25, 0.3) is 11.1 Å². The number of benzene rings is 1. The molecule has 0 saturated carbocycles. The maximum absolute atomic E-state index is 14.8. The van der Waals surface area contributed by atoms with Crippen LogP contribution in [0.5, 0.6) is 0 Å². The third-order valence-electron chi connectivity index (χ3n) is 4.99. The molecule has 1 fully saturated rings. The van der Waals surface area contributed by atoms with Gasteiger partial charge in [-0.3, -0.25) is 24.5 Å². The van der Waals surface area contributed by atoms with Crippen molar-refractivity contribution in [2.24, 2.45) is 4.99 Å². The van der Waals surface area contributed by atoms with Gasteiger partial charge in [0.25, 0.3) is 0 Å². The Balaban J connectivity index is 1.46. The molecule has 4 rings (SSSR count). The van der Waals surface area contributed by atoms with Crippen molar-refractivity contribution in [1.82, 2.24) is 10.5 Å². The van der Waals surface area contributed by atoms with E-state index in [1.807, 2.05) is 0 Å². The zero-order valence-corrected chi connectivity index (χ0v) is 16.8. The first-order valence-corrected chi connectivity index (χ1v) is 9.78. The van der Waals surface area contributed by atoms with Crippen molar-refractivity contribution in [1.29, 1.82) is 0 Å². The monoisotopic (exact) mass is 428 g/mol. The lowest BCUT2D eigenvalue weighted by atomic mass is 10.1. The van der Waals surface area contributed by atoms with E-state index in [0.29, 0.717) is 47.9 Å². The molecule has 0 aliphatic carbocycles.